The second-order valence-electron chi connectivity index (χ2n) is 4.23. The molecule has 1 heterocycles. The molecule has 6 heteroatoms. The van der Waals surface area contributed by atoms with E-state index in [1.54, 1.807) is 0 Å². The molecule has 0 bridgehead atoms. The van der Waals surface area contributed by atoms with Crippen LogP contribution in [0.4, 0.5) is 11.6 Å². The van der Waals surface area contributed by atoms with E-state index in [4.69, 9.17) is 9.84 Å². The van der Waals surface area contributed by atoms with Crippen molar-refractivity contribution >= 4 is 11.6 Å². The summed E-state index contributed by atoms with van der Waals surface area (Å²) in [6.45, 7) is 6.81. The van der Waals surface area contributed by atoms with Gasteiger partial charge in [0, 0.05) is 25.8 Å². The third-order valence-electron chi connectivity index (χ3n) is 2.40. The van der Waals surface area contributed by atoms with Gasteiger partial charge in [-0.05, 0) is 19.8 Å². The minimum Gasteiger partial charge on any atom is -0.394 e. The van der Waals surface area contributed by atoms with E-state index in [-0.39, 0.29) is 6.61 Å². The van der Waals surface area contributed by atoms with Crippen LogP contribution in [0.1, 0.15) is 25.6 Å². The summed E-state index contributed by atoms with van der Waals surface area (Å²) < 4.78 is 5.19. The Morgan fingerprint density at radius 2 is 1.84 bits per heavy atom. The zero-order valence-electron chi connectivity index (χ0n) is 11.8. The van der Waals surface area contributed by atoms with E-state index in [0.29, 0.717) is 13.2 Å². The predicted octanol–water partition coefficient (Wildman–Crippen LogP) is 1.42. The quantitative estimate of drug-likeness (QED) is 0.557. The lowest BCUT2D eigenvalue weighted by molar-refractivity contribution is 0.0922. The molecule has 0 atom stereocenters. The molecule has 0 aliphatic carbocycles. The van der Waals surface area contributed by atoms with Crippen molar-refractivity contribution in [2.75, 3.05) is 43.5 Å². The summed E-state index contributed by atoms with van der Waals surface area (Å²) in [5.41, 5.74) is 0. The Balaban J connectivity index is 2.34. The number of aromatic nitrogens is 2. The maximum absolute atomic E-state index is 8.57. The van der Waals surface area contributed by atoms with Gasteiger partial charge in [-0.1, -0.05) is 6.92 Å². The molecule has 19 heavy (non-hydrogen) atoms. The van der Waals surface area contributed by atoms with Crippen molar-refractivity contribution in [3.8, 4) is 0 Å². The van der Waals surface area contributed by atoms with Gasteiger partial charge in [0.1, 0.15) is 17.5 Å². The summed E-state index contributed by atoms with van der Waals surface area (Å²) in [5.74, 6) is 2.43. The van der Waals surface area contributed by atoms with Crippen molar-refractivity contribution < 1.29 is 9.84 Å². The number of ether oxygens (including phenoxy) is 1. The molecule has 1 aromatic rings. The molecular formula is C13H24N4O2. The van der Waals surface area contributed by atoms with Gasteiger partial charge >= 0.3 is 0 Å². The average molecular weight is 268 g/mol. The predicted molar refractivity (Wildman–Crippen MR) is 76.6 cm³/mol. The van der Waals surface area contributed by atoms with E-state index < -0.39 is 0 Å². The van der Waals surface area contributed by atoms with E-state index >= 15 is 0 Å². The minimum absolute atomic E-state index is 0.0744. The molecule has 0 unspecified atom stereocenters. The molecule has 0 amide bonds. The first kappa shape index (κ1) is 15.7. The van der Waals surface area contributed by atoms with Gasteiger partial charge in [-0.2, -0.15) is 0 Å². The lowest BCUT2D eigenvalue weighted by atomic mass is 10.4. The maximum atomic E-state index is 8.57. The van der Waals surface area contributed by atoms with Crippen molar-refractivity contribution in [2.45, 2.75) is 26.7 Å². The number of rotatable bonds is 10. The highest BCUT2D eigenvalue weighted by Gasteiger charge is 2.00. The van der Waals surface area contributed by atoms with E-state index in [1.165, 1.54) is 0 Å². The normalized spacial score (nSPS) is 10.5. The van der Waals surface area contributed by atoms with Gasteiger partial charge in [-0.25, -0.2) is 9.97 Å². The van der Waals surface area contributed by atoms with Gasteiger partial charge in [0.25, 0.3) is 0 Å². The average Bonchev–Trinajstić information content (AvgIpc) is 2.40. The van der Waals surface area contributed by atoms with Crippen LogP contribution in [-0.4, -0.2) is 48.0 Å². The molecule has 0 spiro atoms. The first-order valence-corrected chi connectivity index (χ1v) is 6.78. The molecule has 108 valence electrons. The van der Waals surface area contributed by atoms with Crippen LogP contribution >= 0.6 is 0 Å². The summed E-state index contributed by atoms with van der Waals surface area (Å²) in [5, 5.41) is 15.1. The zero-order chi connectivity index (χ0) is 13.9. The third kappa shape index (κ3) is 6.93. The van der Waals surface area contributed by atoms with Crippen LogP contribution in [-0.2, 0) is 4.74 Å². The van der Waals surface area contributed by atoms with Crippen molar-refractivity contribution in [1.82, 2.24) is 9.97 Å². The summed E-state index contributed by atoms with van der Waals surface area (Å²) in [6, 6.07) is 1.91. The van der Waals surface area contributed by atoms with Crippen molar-refractivity contribution in [2.24, 2.45) is 0 Å². The van der Waals surface area contributed by atoms with Crippen molar-refractivity contribution in [1.29, 1.82) is 0 Å². The van der Waals surface area contributed by atoms with Gasteiger partial charge in [0.2, 0.25) is 0 Å². The van der Waals surface area contributed by atoms with Crippen LogP contribution in [0.15, 0.2) is 6.07 Å². The number of aliphatic hydroxyl groups is 1. The number of hydrogen-bond donors (Lipinski definition) is 3. The second kappa shape index (κ2) is 9.52. The largest absolute Gasteiger partial charge is 0.394 e. The molecule has 0 aliphatic rings. The standard InChI is InChI=1S/C13H24N4O2/c1-3-5-14-12-10-13(17-11(2)16-12)15-6-4-8-19-9-7-18/h10,18H,3-9H2,1-2H3,(H2,14,15,16,17). The SMILES string of the molecule is CCCNc1cc(NCCCOCCO)nc(C)n1. The fourth-order valence-electron chi connectivity index (χ4n) is 1.56. The number of nitrogens with one attached hydrogen (secondary N) is 2. The Labute approximate surface area is 114 Å². The summed E-state index contributed by atoms with van der Waals surface area (Å²) in [6.07, 6.45) is 1.94. The molecular weight excluding hydrogens is 244 g/mol. The van der Waals surface area contributed by atoms with E-state index in [1.807, 2.05) is 13.0 Å². The molecule has 6 nitrogen and oxygen atoms in total. The fourth-order valence-corrected chi connectivity index (χ4v) is 1.56. The Morgan fingerprint density at radius 3 is 2.47 bits per heavy atom. The highest BCUT2D eigenvalue weighted by molar-refractivity contribution is 5.47. The first-order valence-electron chi connectivity index (χ1n) is 6.78. The van der Waals surface area contributed by atoms with Gasteiger partial charge < -0.3 is 20.5 Å². The van der Waals surface area contributed by atoms with E-state index in [0.717, 1.165) is 43.4 Å². The monoisotopic (exact) mass is 268 g/mol. The molecule has 0 saturated carbocycles. The summed E-state index contributed by atoms with van der Waals surface area (Å²) >= 11 is 0. The highest BCUT2D eigenvalue weighted by atomic mass is 16.5. The second-order valence-corrected chi connectivity index (χ2v) is 4.23. The lowest BCUT2D eigenvalue weighted by Gasteiger charge is -2.09. The molecule has 1 aromatic heterocycles. The molecule has 0 aliphatic heterocycles. The van der Waals surface area contributed by atoms with Crippen LogP contribution in [0, 0.1) is 6.92 Å². The van der Waals surface area contributed by atoms with Crippen LogP contribution < -0.4 is 10.6 Å². The number of aliphatic hydroxyl groups excluding tert-OH is 1. The molecule has 0 aromatic carbocycles. The number of hydrogen-bond acceptors (Lipinski definition) is 6. The Kier molecular flexibility index (Phi) is 7.84. The fraction of sp³-hybridized carbons (Fsp3) is 0.692. The Bertz CT molecular complexity index is 360. The Hall–Kier alpha value is -1.40. The van der Waals surface area contributed by atoms with Crippen LogP contribution in [0.5, 0.6) is 0 Å². The lowest BCUT2D eigenvalue weighted by Crippen LogP contribution is -2.10. The molecule has 0 saturated heterocycles. The van der Waals surface area contributed by atoms with Gasteiger partial charge in [-0.15, -0.1) is 0 Å². The summed E-state index contributed by atoms with van der Waals surface area (Å²) in [4.78, 5) is 8.66. The summed E-state index contributed by atoms with van der Waals surface area (Å²) in [7, 11) is 0. The Morgan fingerprint density at radius 1 is 1.16 bits per heavy atom. The smallest absolute Gasteiger partial charge is 0.131 e. The van der Waals surface area contributed by atoms with E-state index in [2.05, 4.69) is 27.5 Å². The molecule has 3 N–H and O–H groups in total. The molecule has 1 rings (SSSR count). The van der Waals surface area contributed by atoms with Crippen LogP contribution in [0.2, 0.25) is 0 Å². The van der Waals surface area contributed by atoms with E-state index in [9.17, 15) is 0 Å². The van der Waals surface area contributed by atoms with Gasteiger partial charge in [0.15, 0.2) is 0 Å². The first-order chi connectivity index (χ1) is 9.26. The number of nitrogens with zero attached hydrogens (tertiary/aromatic N) is 2. The minimum atomic E-state index is 0.0744. The maximum Gasteiger partial charge on any atom is 0.131 e. The number of aryl methyl sites for hydroxylation is 1. The molecule has 0 fully saturated rings. The molecule has 0 radical (unpaired) electrons. The van der Waals surface area contributed by atoms with Gasteiger partial charge in [-0.3, -0.25) is 0 Å². The zero-order valence-corrected chi connectivity index (χ0v) is 11.8. The highest BCUT2D eigenvalue weighted by Crippen LogP contribution is 2.10. The van der Waals surface area contributed by atoms with Crippen molar-refractivity contribution in [3.63, 3.8) is 0 Å². The third-order valence-corrected chi connectivity index (χ3v) is 2.40. The van der Waals surface area contributed by atoms with Crippen LogP contribution in [0.3, 0.4) is 0 Å². The topological polar surface area (TPSA) is 79.3 Å². The van der Waals surface area contributed by atoms with Crippen LogP contribution in [0.25, 0.3) is 0 Å². The number of anilines is 2. The van der Waals surface area contributed by atoms with Crippen molar-refractivity contribution in [3.05, 3.63) is 11.9 Å². The van der Waals surface area contributed by atoms with Gasteiger partial charge in [0.05, 0.1) is 13.2 Å².